The molecule has 0 heterocycles. The first-order valence-electron chi connectivity index (χ1n) is 7.79. The first kappa shape index (κ1) is 16.9. The lowest BCUT2D eigenvalue weighted by Gasteiger charge is -2.23. The number of hydrogen-bond donors (Lipinski definition) is 2. The molecular weight excluding hydrogens is 288 g/mol. The van der Waals surface area contributed by atoms with Crippen molar-refractivity contribution in [2.75, 3.05) is 17.7 Å². The van der Waals surface area contributed by atoms with Crippen molar-refractivity contribution in [1.82, 2.24) is 0 Å². The molecule has 0 aliphatic carbocycles. The molecule has 0 unspecified atom stereocenters. The summed E-state index contributed by atoms with van der Waals surface area (Å²) >= 11 is 0. The fourth-order valence-electron chi connectivity index (χ4n) is 2.17. The number of anilines is 2. The molecule has 3 N–H and O–H groups in total. The summed E-state index contributed by atoms with van der Waals surface area (Å²) in [5.74, 6) is 0.469. The van der Waals surface area contributed by atoms with Crippen molar-refractivity contribution in [2.24, 2.45) is 0 Å². The van der Waals surface area contributed by atoms with Crippen LogP contribution in [0.3, 0.4) is 0 Å². The van der Waals surface area contributed by atoms with E-state index < -0.39 is 0 Å². The lowest BCUT2D eigenvalue weighted by molar-refractivity contribution is -0.118. The third-order valence-electron chi connectivity index (χ3n) is 4.06. The molecule has 1 amide bonds. The fourth-order valence-corrected chi connectivity index (χ4v) is 2.17. The summed E-state index contributed by atoms with van der Waals surface area (Å²) in [5, 5.41) is 2.75. The summed E-state index contributed by atoms with van der Waals surface area (Å²) in [4.78, 5) is 11.9. The highest BCUT2D eigenvalue weighted by molar-refractivity contribution is 5.92. The van der Waals surface area contributed by atoms with E-state index in [2.05, 4.69) is 38.2 Å². The van der Waals surface area contributed by atoms with Crippen molar-refractivity contribution < 1.29 is 9.53 Å². The highest BCUT2D eigenvalue weighted by atomic mass is 16.5. The second-order valence-corrected chi connectivity index (χ2v) is 6.22. The van der Waals surface area contributed by atoms with Crippen molar-refractivity contribution in [3.05, 3.63) is 54.1 Å². The molecule has 0 aromatic heterocycles. The third-order valence-corrected chi connectivity index (χ3v) is 4.06. The number of ether oxygens (including phenoxy) is 1. The second kappa shape index (κ2) is 7.18. The summed E-state index contributed by atoms with van der Waals surface area (Å²) in [7, 11) is 0. The number of carbonyl (C=O) groups is 1. The molecular formula is C19H24N2O2. The second-order valence-electron chi connectivity index (χ2n) is 6.22. The molecule has 23 heavy (non-hydrogen) atoms. The summed E-state index contributed by atoms with van der Waals surface area (Å²) < 4.78 is 5.53. The fraction of sp³-hybridized carbons (Fsp3) is 0.316. The van der Waals surface area contributed by atoms with Crippen LogP contribution in [0.1, 0.15) is 32.8 Å². The van der Waals surface area contributed by atoms with Crippen molar-refractivity contribution in [1.29, 1.82) is 0 Å². The van der Waals surface area contributed by atoms with E-state index in [1.807, 2.05) is 12.1 Å². The average molecular weight is 312 g/mol. The molecule has 0 bridgehead atoms. The smallest absolute Gasteiger partial charge is 0.262 e. The van der Waals surface area contributed by atoms with Gasteiger partial charge in [-0.3, -0.25) is 4.79 Å². The van der Waals surface area contributed by atoms with Crippen molar-refractivity contribution in [3.63, 3.8) is 0 Å². The molecule has 4 nitrogen and oxygen atoms in total. The van der Waals surface area contributed by atoms with Gasteiger partial charge in [0.2, 0.25) is 0 Å². The topological polar surface area (TPSA) is 64.3 Å². The average Bonchev–Trinajstić information content (AvgIpc) is 2.53. The lowest BCUT2D eigenvalue weighted by atomic mass is 9.82. The van der Waals surface area contributed by atoms with E-state index in [0.717, 1.165) is 6.42 Å². The van der Waals surface area contributed by atoms with Crippen LogP contribution in [0.5, 0.6) is 5.75 Å². The van der Waals surface area contributed by atoms with Gasteiger partial charge < -0.3 is 15.8 Å². The Labute approximate surface area is 137 Å². The minimum absolute atomic E-state index is 0.0364. The van der Waals surface area contributed by atoms with Gasteiger partial charge in [0.1, 0.15) is 5.75 Å². The molecule has 0 saturated carbocycles. The Morgan fingerprint density at radius 2 is 1.87 bits per heavy atom. The molecule has 2 rings (SSSR count). The Morgan fingerprint density at radius 3 is 2.48 bits per heavy atom. The Morgan fingerprint density at radius 1 is 1.17 bits per heavy atom. The standard InChI is InChI=1S/C19H24N2O2/c1-4-19(2,3)14-8-10-17(11-9-14)23-13-18(22)21-16-7-5-6-15(20)12-16/h5-12H,4,13,20H2,1-3H3,(H,21,22). The lowest BCUT2D eigenvalue weighted by Crippen LogP contribution is -2.20. The van der Waals surface area contributed by atoms with Crippen LogP contribution in [0.15, 0.2) is 48.5 Å². The van der Waals surface area contributed by atoms with E-state index in [1.165, 1.54) is 5.56 Å². The van der Waals surface area contributed by atoms with Gasteiger partial charge in [0.25, 0.3) is 5.91 Å². The zero-order chi connectivity index (χ0) is 16.9. The minimum Gasteiger partial charge on any atom is -0.484 e. The normalized spacial score (nSPS) is 11.1. The number of hydrogen-bond acceptors (Lipinski definition) is 3. The first-order valence-corrected chi connectivity index (χ1v) is 7.79. The van der Waals surface area contributed by atoms with Crippen LogP contribution in [0.4, 0.5) is 11.4 Å². The molecule has 122 valence electrons. The number of nitrogen functional groups attached to an aromatic ring is 1. The number of amides is 1. The van der Waals surface area contributed by atoms with E-state index in [-0.39, 0.29) is 17.9 Å². The van der Waals surface area contributed by atoms with Crippen LogP contribution in [0.25, 0.3) is 0 Å². The number of nitrogens with two attached hydrogens (primary N) is 1. The largest absolute Gasteiger partial charge is 0.484 e. The van der Waals surface area contributed by atoms with Crippen molar-refractivity contribution in [3.8, 4) is 5.75 Å². The highest BCUT2D eigenvalue weighted by Crippen LogP contribution is 2.28. The molecule has 0 aliphatic heterocycles. The molecule has 0 radical (unpaired) electrons. The van der Waals surface area contributed by atoms with E-state index in [4.69, 9.17) is 10.5 Å². The molecule has 0 spiro atoms. The van der Waals surface area contributed by atoms with Gasteiger partial charge in [0.05, 0.1) is 0 Å². The first-order chi connectivity index (χ1) is 10.9. The summed E-state index contributed by atoms with van der Waals surface area (Å²) in [6.45, 7) is 6.56. The van der Waals surface area contributed by atoms with E-state index in [9.17, 15) is 4.79 Å². The third kappa shape index (κ3) is 4.74. The number of carbonyl (C=O) groups excluding carboxylic acids is 1. The number of nitrogens with one attached hydrogen (secondary N) is 1. The quantitative estimate of drug-likeness (QED) is 0.793. The van der Waals surface area contributed by atoms with Gasteiger partial charge >= 0.3 is 0 Å². The zero-order valence-corrected chi connectivity index (χ0v) is 13.9. The van der Waals surface area contributed by atoms with E-state index in [1.54, 1.807) is 24.3 Å². The van der Waals surface area contributed by atoms with Gasteiger partial charge in [-0.05, 0) is 47.7 Å². The van der Waals surface area contributed by atoms with Crippen LogP contribution in [0, 0.1) is 0 Å². The summed E-state index contributed by atoms with van der Waals surface area (Å²) in [6.07, 6.45) is 1.07. The van der Waals surface area contributed by atoms with Gasteiger partial charge in [-0.1, -0.05) is 39.0 Å². The van der Waals surface area contributed by atoms with Gasteiger partial charge in [-0.15, -0.1) is 0 Å². The van der Waals surface area contributed by atoms with Gasteiger partial charge in [-0.2, -0.15) is 0 Å². The van der Waals surface area contributed by atoms with Crippen LogP contribution in [0.2, 0.25) is 0 Å². The SMILES string of the molecule is CCC(C)(C)c1ccc(OCC(=O)Nc2cccc(N)c2)cc1. The predicted molar refractivity (Wildman–Crippen MR) is 94.7 cm³/mol. The molecule has 4 heteroatoms. The zero-order valence-electron chi connectivity index (χ0n) is 13.9. The maximum atomic E-state index is 11.9. The van der Waals surface area contributed by atoms with Gasteiger partial charge in [0.15, 0.2) is 6.61 Å². The molecule has 0 atom stereocenters. The maximum Gasteiger partial charge on any atom is 0.262 e. The summed E-state index contributed by atoms with van der Waals surface area (Å²) in [6, 6.07) is 15.0. The van der Waals surface area contributed by atoms with Crippen LogP contribution in [-0.4, -0.2) is 12.5 Å². The van der Waals surface area contributed by atoms with Crippen LogP contribution >= 0.6 is 0 Å². The van der Waals surface area contributed by atoms with Crippen LogP contribution < -0.4 is 15.8 Å². The Balaban J connectivity index is 1.89. The van der Waals surface area contributed by atoms with Gasteiger partial charge in [-0.25, -0.2) is 0 Å². The monoisotopic (exact) mass is 312 g/mol. The number of rotatable bonds is 6. The Kier molecular flexibility index (Phi) is 5.27. The molecule has 0 fully saturated rings. The Hall–Kier alpha value is -2.49. The predicted octanol–water partition coefficient (Wildman–Crippen LogP) is 3.97. The molecule has 0 aliphatic rings. The summed E-state index contributed by atoms with van der Waals surface area (Å²) in [5.41, 5.74) is 8.35. The molecule has 2 aromatic carbocycles. The number of benzene rings is 2. The molecule has 2 aromatic rings. The minimum atomic E-state index is -0.214. The van der Waals surface area contributed by atoms with Crippen molar-refractivity contribution in [2.45, 2.75) is 32.6 Å². The maximum absolute atomic E-state index is 11.9. The van der Waals surface area contributed by atoms with E-state index in [0.29, 0.717) is 17.1 Å². The van der Waals surface area contributed by atoms with E-state index >= 15 is 0 Å². The Bertz CT molecular complexity index is 663. The van der Waals surface area contributed by atoms with Crippen molar-refractivity contribution >= 4 is 17.3 Å². The van der Waals surface area contributed by atoms with Crippen LogP contribution in [-0.2, 0) is 10.2 Å². The molecule has 0 saturated heterocycles. The van der Waals surface area contributed by atoms with Gasteiger partial charge in [0, 0.05) is 11.4 Å². The highest BCUT2D eigenvalue weighted by Gasteiger charge is 2.17.